The molecular formula is C54H36O7P2. The van der Waals surface area contributed by atoms with Crippen LogP contribution in [0.25, 0.3) is 64.6 Å². The first-order chi connectivity index (χ1) is 31.1. The molecule has 0 bridgehead atoms. The SMILES string of the molecule is Oc1c2c(OP(Oc3cccc4ccccc34)Oc3cccc4ccccc34)cccc2cc2cccc(OP(Oc3cccc4ccccc34)Oc3cccc4ccccc34)c12. The highest BCUT2D eigenvalue weighted by molar-refractivity contribution is 7.43. The summed E-state index contributed by atoms with van der Waals surface area (Å²) < 4.78 is 40.4. The lowest BCUT2D eigenvalue weighted by atomic mass is 10.0. The summed E-state index contributed by atoms with van der Waals surface area (Å²) in [6.45, 7) is 0. The average molecular weight is 859 g/mol. The van der Waals surface area contributed by atoms with Crippen molar-refractivity contribution in [1.82, 2.24) is 0 Å². The number of aromatic hydroxyl groups is 1. The van der Waals surface area contributed by atoms with Crippen LogP contribution < -0.4 is 27.1 Å². The third-order valence-corrected chi connectivity index (χ3v) is 13.0. The molecular weight excluding hydrogens is 823 g/mol. The quantitative estimate of drug-likeness (QED) is 0.0969. The Bertz CT molecular complexity index is 3080. The van der Waals surface area contributed by atoms with E-state index in [1.165, 1.54) is 0 Å². The third kappa shape index (κ3) is 7.59. The van der Waals surface area contributed by atoms with Gasteiger partial charge in [0.25, 0.3) is 0 Å². The summed E-state index contributed by atoms with van der Waals surface area (Å²) in [6, 6.07) is 68.9. The van der Waals surface area contributed by atoms with E-state index in [-0.39, 0.29) is 5.75 Å². The molecule has 304 valence electrons. The van der Waals surface area contributed by atoms with Crippen molar-refractivity contribution in [3.8, 4) is 40.2 Å². The first kappa shape index (κ1) is 38.4. The van der Waals surface area contributed by atoms with Gasteiger partial charge in [-0.1, -0.05) is 170 Å². The Morgan fingerprint density at radius 1 is 0.254 bits per heavy atom. The van der Waals surface area contributed by atoms with Crippen molar-refractivity contribution in [2.45, 2.75) is 0 Å². The first-order valence-electron chi connectivity index (χ1n) is 20.4. The van der Waals surface area contributed by atoms with Gasteiger partial charge < -0.3 is 32.2 Å². The molecule has 63 heavy (non-hydrogen) atoms. The molecule has 0 fully saturated rings. The Morgan fingerprint density at radius 3 is 0.810 bits per heavy atom. The maximum atomic E-state index is 12.5. The van der Waals surface area contributed by atoms with Crippen LogP contribution in [0.5, 0.6) is 40.2 Å². The minimum atomic E-state index is -2.15. The van der Waals surface area contributed by atoms with E-state index < -0.39 is 17.2 Å². The lowest BCUT2D eigenvalue weighted by Gasteiger charge is -2.22. The van der Waals surface area contributed by atoms with E-state index in [1.54, 1.807) is 0 Å². The van der Waals surface area contributed by atoms with Gasteiger partial charge in [0.1, 0.15) is 40.2 Å². The predicted molar refractivity (Wildman–Crippen MR) is 257 cm³/mol. The lowest BCUT2D eigenvalue weighted by molar-refractivity contribution is 0.392. The van der Waals surface area contributed by atoms with Gasteiger partial charge in [-0.3, -0.25) is 0 Å². The maximum absolute atomic E-state index is 12.5. The summed E-state index contributed by atoms with van der Waals surface area (Å²) in [5.74, 6) is 3.13. The average Bonchev–Trinajstić information content (AvgIpc) is 3.32. The summed E-state index contributed by atoms with van der Waals surface area (Å²) in [7, 11) is -4.30. The van der Waals surface area contributed by atoms with Crippen LogP contribution in [0.4, 0.5) is 0 Å². The minimum absolute atomic E-state index is 0.0377. The van der Waals surface area contributed by atoms with E-state index in [0.29, 0.717) is 45.3 Å². The molecule has 9 heteroatoms. The molecule has 0 saturated carbocycles. The Morgan fingerprint density at radius 2 is 0.492 bits per heavy atom. The van der Waals surface area contributed by atoms with E-state index in [4.69, 9.17) is 27.1 Å². The number of fused-ring (bicyclic) bond motifs is 6. The van der Waals surface area contributed by atoms with Crippen molar-refractivity contribution in [2.24, 2.45) is 0 Å². The number of benzene rings is 11. The van der Waals surface area contributed by atoms with E-state index in [1.807, 2.05) is 212 Å². The van der Waals surface area contributed by atoms with Crippen molar-refractivity contribution >= 4 is 81.8 Å². The van der Waals surface area contributed by atoms with Gasteiger partial charge in [-0.15, -0.1) is 0 Å². The second kappa shape index (κ2) is 16.7. The highest BCUT2D eigenvalue weighted by atomic mass is 31.2. The monoisotopic (exact) mass is 858 g/mol. The van der Waals surface area contributed by atoms with E-state index in [0.717, 1.165) is 53.9 Å². The highest BCUT2D eigenvalue weighted by Crippen LogP contribution is 2.52. The molecule has 11 rings (SSSR count). The largest absolute Gasteiger partial charge is 0.530 e. The topological polar surface area (TPSA) is 75.6 Å². The molecule has 11 aromatic carbocycles. The van der Waals surface area contributed by atoms with E-state index in [2.05, 4.69) is 0 Å². The maximum Gasteiger partial charge on any atom is 0.530 e. The molecule has 0 saturated heterocycles. The molecule has 0 aromatic heterocycles. The Kier molecular flexibility index (Phi) is 10.2. The fraction of sp³-hybridized carbons (Fsp3) is 0. The van der Waals surface area contributed by atoms with Crippen LogP contribution in [0, 0.1) is 0 Å². The minimum Gasteiger partial charge on any atom is -0.506 e. The Labute approximate surface area is 365 Å². The lowest BCUT2D eigenvalue weighted by Crippen LogP contribution is -2.04. The number of hydrogen-bond acceptors (Lipinski definition) is 7. The van der Waals surface area contributed by atoms with E-state index in [9.17, 15) is 5.11 Å². The summed E-state index contributed by atoms with van der Waals surface area (Å²) in [5.41, 5.74) is 0. The fourth-order valence-corrected chi connectivity index (χ4v) is 10.1. The summed E-state index contributed by atoms with van der Waals surface area (Å²) in [5, 5.41) is 22.7. The molecule has 0 unspecified atom stereocenters. The zero-order valence-electron chi connectivity index (χ0n) is 33.5. The van der Waals surface area contributed by atoms with Gasteiger partial charge >= 0.3 is 17.2 Å². The van der Waals surface area contributed by atoms with Gasteiger partial charge in [-0.05, 0) is 74.8 Å². The summed E-state index contributed by atoms with van der Waals surface area (Å²) >= 11 is 0. The Hall–Kier alpha value is -7.56. The van der Waals surface area contributed by atoms with Crippen molar-refractivity contribution < 1.29 is 32.2 Å². The van der Waals surface area contributed by atoms with E-state index >= 15 is 0 Å². The number of phenols is 1. The molecule has 0 radical (unpaired) electrons. The van der Waals surface area contributed by atoms with Crippen LogP contribution in [-0.2, 0) is 0 Å². The smallest absolute Gasteiger partial charge is 0.506 e. The Balaban J connectivity index is 1.01. The molecule has 0 aliphatic carbocycles. The highest BCUT2D eigenvalue weighted by Gasteiger charge is 2.27. The third-order valence-electron chi connectivity index (χ3n) is 10.9. The molecule has 0 amide bonds. The van der Waals surface area contributed by atoms with Gasteiger partial charge in [0, 0.05) is 21.5 Å². The van der Waals surface area contributed by atoms with Crippen LogP contribution in [0.1, 0.15) is 0 Å². The number of phenolic OH excluding ortho intramolecular Hbond substituents is 1. The second-order valence-corrected chi connectivity index (χ2v) is 16.8. The molecule has 0 spiro atoms. The summed E-state index contributed by atoms with van der Waals surface area (Å²) in [6.07, 6.45) is 0. The summed E-state index contributed by atoms with van der Waals surface area (Å²) in [4.78, 5) is 0. The van der Waals surface area contributed by atoms with Crippen molar-refractivity contribution in [3.05, 3.63) is 212 Å². The number of rotatable bonds is 12. The molecule has 0 heterocycles. The van der Waals surface area contributed by atoms with Crippen molar-refractivity contribution in [1.29, 1.82) is 0 Å². The van der Waals surface area contributed by atoms with Gasteiger partial charge in [0.05, 0.1) is 10.8 Å². The van der Waals surface area contributed by atoms with Gasteiger partial charge in [-0.25, -0.2) is 0 Å². The predicted octanol–water partition coefficient (Wildman–Crippen LogP) is 15.8. The molecule has 7 nitrogen and oxygen atoms in total. The molecule has 0 atom stereocenters. The zero-order chi connectivity index (χ0) is 42.1. The van der Waals surface area contributed by atoms with Crippen LogP contribution in [0.3, 0.4) is 0 Å². The van der Waals surface area contributed by atoms with Crippen molar-refractivity contribution in [2.75, 3.05) is 0 Å². The second-order valence-electron chi connectivity index (χ2n) is 14.8. The van der Waals surface area contributed by atoms with Crippen LogP contribution in [-0.4, -0.2) is 5.11 Å². The van der Waals surface area contributed by atoms with Crippen LogP contribution in [0.2, 0.25) is 0 Å². The van der Waals surface area contributed by atoms with Gasteiger partial charge in [0.2, 0.25) is 0 Å². The zero-order valence-corrected chi connectivity index (χ0v) is 35.3. The molecule has 11 aromatic rings. The number of hydrogen-bond donors (Lipinski definition) is 1. The van der Waals surface area contributed by atoms with Gasteiger partial charge in [-0.2, -0.15) is 0 Å². The van der Waals surface area contributed by atoms with Crippen molar-refractivity contribution in [3.63, 3.8) is 0 Å². The normalized spacial score (nSPS) is 11.5. The van der Waals surface area contributed by atoms with Gasteiger partial charge in [0.15, 0.2) is 0 Å². The fourth-order valence-electron chi connectivity index (χ4n) is 7.98. The molecule has 0 aliphatic heterocycles. The van der Waals surface area contributed by atoms with Crippen LogP contribution >= 0.6 is 17.2 Å². The first-order valence-corrected chi connectivity index (χ1v) is 22.6. The van der Waals surface area contributed by atoms with Crippen LogP contribution in [0.15, 0.2) is 212 Å². The standard InChI is InChI=1S/C54H36O7P2/c55-54-52-40(23-13-33-50(52)60-62(56-46-29-9-19-36-15-1-5-25-42(36)46)57-47-30-10-20-37-16-2-6-26-43(37)47)35-41-24-14-34-51(53(41)54)61-63(58-48-31-11-21-38-17-3-7-27-44(38)48)59-49-32-12-22-39-18-4-8-28-45(39)49/h1-35,55H. The molecule has 0 aliphatic rings. The molecule has 1 N–H and O–H groups in total.